The van der Waals surface area contributed by atoms with Gasteiger partial charge in [-0.3, -0.25) is 0 Å². The number of sulfonamides is 1. The van der Waals surface area contributed by atoms with Gasteiger partial charge in [0.25, 0.3) is 0 Å². The smallest absolute Gasteiger partial charge is 0.243 e. The van der Waals surface area contributed by atoms with Gasteiger partial charge in [-0.05, 0) is 42.5 Å². The Morgan fingerprint density at radius 2 is 1.65 bits per heavy atom. The largest absolute Gasteiger partial charge is 0.326 e. The summed E-state index contributed by atoms with van der Waals surface area (Å²) in [6.45, 7) is 7.51. The van der Waals surface area contributed by atoms with Crippen molar-refractivity contribution in [2.75, 3.05) is 13.1 Å². The summed E-state index contributed by atoms with van der Waals surface area (Å²) in [4.78, 5) is 0.358. The second-order valence-corrected chi connectivity index (χ2v) is 6.83. The molecule has 0 aliphatic heterocycles. The first-order valence-electron chi connectivity index (χ1n) is 7.33. The van der Waals surface area contributed by atoms with Crippen molar-refractivity contribution in [1.29, 1.82) is 0 Å². The van der Waals surface area contributed by atoms with Gasteiger partial charge in [0.2, 0.25) is 10.0 Å². The van der Waals surface area contributed by atoms with Gasteiger partial charge in [0.1, 0.15) is 0 Å². The summed E-state index contributed by atoms with van der Waals surface area (Å²) in [5.74, 6) is 0. The standard InChI is InChI=1S/C15H26N2O2S/c1-4-9-17(10-5-2)20(18,19)15-8-7-13(6-3)14(11-15)12-16/h7-8,11H,4-6,9-10,12,16H2,1-3H3. The van der Waals surface area contributed by atoms with Crippen LogP contribution in [0, 0.1) is 0 Å². The highest BCUT2D eigenvalue weighted by Gasteiger charge is 2.23. The molecule has 1 rings (SSSR count). The van der Waals surface area contributed by atoms with E-state index in [9.17, 15) is 8.42 Å². The zero-order chi connectivity index (χ0) is 15.2. The Kier molecular flexibility index (Phi) is 6.65. The minimum Gasteiger partial charge on any atom is -0.326 e. The van der Waals surface area contributed by atoms with Crippen LogP contribution in [0.25, 0.3) is 0 Å². The average molecular weight is 298 g/mol. The molecule has 0 spiro atoms. The Morgan fingerprint density at radius 1 is 1.05 bits per heavy atom. The van der Waals surface area contributed by atoms with Crippen molar-refractivity contribution < 1.29 is 8.42 Å². The molecule has 1 aromatic rings. The molecule has 1 aromatic carbocycles. The Bertz CT molecular complexity index is 521. The second kappa shape index (κ2) is 7.76. The zero-order valence-electron chi connectivity index (χ0n) is 12.7. The lowest BCUT2D eigenvalue weighted by Crippen LogP contribution is -2.32. The minimum absolute atomic E-state index is 0.358. The van der Waals surface area contributed by atoms with E-state index in [1.54, 1.807) is 16.4 Å². The first-order valence-corrected chi connectivity index (χ1v) is 8.77. The molecule has 0 aliphatic carbocycles. The maximum atomic E-state index is 12.7. The number of nitrogens with two attached hydrogens (primary N) is 1. The first-order chi connectivity index (χ1) is 9.51. The van der Waals surface area contributed by atoms with Crippen LogP contribution in [-0.4, -0.2) is 25.8 Å². The maximum Gasteiger partial charge on any atom is 0.243 e. The van der Waals surface area contributed by atoms with Crippen molar-refractivity contribution in [2.45, 2.75) is 51.5 Å². The molecular formula is C15H26N2O2S. The van der Waals surface area contributed by atoms with E-state index in [4.69, 9.17) is 5.73 Å². The number of nitrogens with zero attached hydrogens (tertiary/aromatic N) is 1. The van der Waals surface area contributed by atoms with Gasteiger partial charge >= 0.3 is 0 Å². The van der Waals surface area contributed by atoms with Crippen LogP contribution in [0.4, 0.5) is 0 Å². The third-order valence-corrected chi connectivity index (χ3v) is 5.26. The Morgan fingerprint density at radius 3 is 2.10 bits per heavy atom. The van der Waals surface area contributed by atoms with Gasteiger partial charge in [-0.15, -0.1) is 0 Å². The summed E-state index contributed by atoms with van der Waals surface area (Å²) in [7, 11) is -3.41. The molecule has 2 N–H and O–H groups in total. The molecule has 0 unspecified atom stereocenters. The molecule has 0 atom stereocenters. The van der Waals surface area contributed by atoms with E-state index in [2.05, 4.69) is 0 Å². The molecule has 0 saturated heterocycles. The topological polar surface area (TPSA) is 63.4 Å². The van der Waals surface area contributed by atoms with Gasteiger partial charge in [0.05, 0.1) is 4.90 Å². The molecule has 114 valence electrons. The molecule has 0 bridgehead atoms. The lowest BCUT2D eigenvalue weighted by atomic mass is 10.1. The zero-order valence-corrected chi connectivity index (χ0v) is 13.5. The van der Waals surface area contributed by atoms with Crippen LogP contribution < -0.4 is 5.73 Å². The molecular weight excluding hydrogens is 272 g/mol. The fraction of sp³-hybridized carbons (Fsp3) is 0.600. The van der Waals surface area contributed by atoms with Crippen molar-refractivity contribution in [2.24, 2.45) is 5.73 Å². The number of hydrogen-bond acceptors (Lipinski definition) is 3. The van der Waals surface area contributed by atoms with Crippen molar-refractivity contribution >= 4 is 10.0 Å². The van der Waals surface area contributed by atoms with E-state index in [-0.39, 0.29) is 0 Å². The number of aryl methyl sites for hydroxylation is 1. The van der Waals surface area contributed by atoms with E-state index in [1.807, 2.05) is 26.8 Å². The van der Waals surface area contributed by atoms with Gasteiger partial charge in [-0.2, -0.15) is 4.31 Å². The number of rotatable bonds is 8. The molecule has 0 aliphatic rings. The van der Waals surface area contributed by atoms with Crippen LogP contribution in [0.1, 0.15) is 44.7 Å². The fourth-order valence-corrected chi connectivity index (χ4v) is 3.97. The van der Waals surface area contributed by atoms with Gasteiger partial charge in [-0.1, -0.05) is 26.8 Å². The highest BCUT2D eigenvalue weighted by Crippen LogP contribution is 2.20. The Balaban J connectivity index is 3.19. The highest BCUT2D eigenvalue weighted by molar-refractivity contribution is 7.89. The molecule has 0 fully saturated rings. The van der Waals surface area contributed by atoms with Crippen molar-refractivity contribution in [3.05, 3.63) is 29.3 Å². The van der Waals surface area contributed by atoms with E-state index in [0.29, 0.717) is 24.5 Å². The number of hydrogen-bond donors (Lipinski definition) is 1. The fourth-order valence-electron chi connectivity index (χ4n) is 2.30. The summed E-state index contributed by atoms with van der Waals surface area (Å²) in [5.41, 5.74) is 7.76. The van der Waals surface area contributed by atoms with Crippen molar-refractivity contribution in [1.82, 2.24) is 4.31 Å². The van der Waals surface area contributed by atoms with E-state index in [0.717, 1.165) is 30.4 Å². The molecule has 0 heterocycles. The van der Waals surface area contributed by atoms with Gasteiger partial charge in [-0.25, -0.2) is 8.42 Å². The summed E-state index contributed by atoms with van der Waals surface area (Å²) < 4.78 is 26.9. The monoisotopic (exact) mass is 298 g/mol. The highest BCUT2D eigenvalue weighted by atomic mass is 32.2. The SMILES string of the molecule is CCCN(CCC)S(=O)(=O)c1ccc(CC)c(CN)c1. The predicted octanol–water partition coefficient (Wildman–Crippen LogP) is 2.52. The third kappa shape index (κ3) is 3.81. The minimum atomic E-state index is -3.41. The van der Waals surface area contributed by atoms with Gasteiger partial charge in [0, 0.05) is 19.6 Å². The predicted molar refractivity (Wildman–Crippen MR) is 83.1 cm³/mol. The van der Waals surface area contributed by atoms with Gasteiger partial charge < -0.3 is 5.73 Å². The van der Waals surface area contributed by atoms with Crippen LogP contribution >= 0.6 is 0 Å². The molecule has 0 amide bonds. The average Bonchev–Trinajstić information content (AvgIpc) is 2.46. The van der Waals surface area contributed by atoms with Crippen LogP contribution in [0.15, 0.2) is 23.1 Å². The Labute approximate surface area is 123 Å². The van der Waals surface area contributed by atoms with Crippen LogP contribution in [0.5, 0.6) is 0 Å². The van der Waals surface area contributed by atoms with Crippen molar-refractivity contribution in [3.63, 3.8) is 0 Å². The molecule has 20 heavy (non-hydrogen) atoms. The lowest BCUT2D eigenvalue weighted by molar-refractivity contribution is 0.410. The van der Waals surface area contributed by atoms with Crippen molar-refractivity contribution in [3.8, 4) is 0 Å². The molecule has 0 saturated carbocycles. The molecule has 5 heteroatoms. The molecule has 0 aromatic heterocycles. The summed E-state index contributed by atoms with van der Waals surface area (Å²) in [6.07, 6.45) is 2.49. The first kappa shape index (κ1) is 17.1. The second-order valence-electron chi connectivity index (χ2n) is 4.89. The summed E-state index contributed by atoms with van der Waals surface area (Å²) in [5, 5.41) is 0. The quantitative estimate of drug-likeness (QED) is 0.802. The molecule has 0 radical (unpaired) electrons. The van der Waals surface area contributed by atoms with Crippen LogP contribution in [0.2, 0.25) is 0 Å². The van der Waals surface area contributed by atoms with Gasteiger partial charge in [0.15, 0.2) is 0 Å². The maximum absolute atomic E-state index is 12.7. The lowest BCUT2D eigenvalue weighted by Gasteiger charge is -2.21. The van der Waals surface area contributed by atoms with E-state index in [1.165, 1.54) is 0 Å². The van der Waals surface area contributed by atoms with E-state index < -0.39 is 10.0 Å². The van der Waals surface area contributed by atoms with E-state index >= 15 is 0 Å². The third-order valence-electron chi connectivity index (χ3n) is 3.36. The Hall–Kier alpha value is -0.910. The molecule has 4 nitrogen and oxygen atoms in total. The summed E-state index contributed by atoms with van der Waals surface area (Å²) >= 11 is 0. The number of benzene rings is 1. The van der Waals surface area contributed by atoms with Crippen LogP contribution in [-0.2, 0) is 23.0 Å². The van der Waals surface area contributed by atoms with Crippen LogP contribution in [0.3, 0.4) is 0 Å². The summed E-state index contributed by atoms with van der Waals surface area (Å²) in [6, 6.07) is 5.31. The normalized spacial score (nSPS) is 12.1.